The largest absolute Gasteiger partial charge is 0.493 e. The molecule has 0 amide bonds. The van der Waals surface area contributed by atoms with Gasteiger partial charge in [-0.2, -0.15) is 0 Å². The summed E-state index contributed by atoms with van der Waals surface area (Å²) in [6.45, 7) is 3.75. The van der Waals surface area contributed by atoms with Gasteiger partial charge < -0.3 is 9.84 Å². The lowest BCUT2D eigenvalue weighted by Crippen LogP contribution is -2.24. The molecule has 1 unspecified atom stereocenters. The Morgan fingerprint density at radius 1 is 1.10 bits per heavy atom. The molecule has 0 aliphatic heterocycles. The number of aliphatic hydroxyl groups is 1. The zero-order chi connectivity index (χ0) is 14.8. The first-order chi connectivity index (χ1) is 9.45. The van der Waals surface area contributed by atoms with E-state index in [9.17, 15) is 13.9 Å². The van der Waals surface area contributed by atoms with Crippen molar-refractivity contribution in [3.8, 4) is 5.75 Å². The summed E-state index contributed by atoms with van der Waals surface area (Å²) in [6.07, 6.45) is 0. The number of hydrogen-bond donors (Lipinski definition) is 1. The quantitative estimate of drug-likeness (QED) is 0.925. The number of ether oxygens (including phenoxy) is 1. The Balaban J connectivity index is 2.54. The maximum atomic E-state index is 13.3. The van der Waals surface area contributed by atoms with Crippen LogP contribution in [0.2, 0.25) is 0 Å². The molecule has 106 valence electrons. The molecule has 1 N–H and O–H groups in total. The topological polar surface area (TPSA) is 29.5 Å². The van der Waals surface area contributed by atoms with Gasteiger partial charge >= 0.3 is 0 Å². The van der Waals surface area contributed by atoms with Crippen molar-refractivity contribution in [2.24, 2.45) is 0 Å². The summed E-state index contributed by atoms with van der Waals surface area (Å²) in [5.41, 5.74) is -0.941. The molecule has 0 saturated heterocycles. The van der Waals surface area contributed by atoms with Gasteiger partial charge in [-0.15, -0.1) is 0 Å². The molecule has 0 radical (unpaired) electrons. The third-order valence-corrected chi connectivity index (χ3v) is 3.14. The first-order valence-corrected chi connectivity index (χ1v) is 6.36. The van der Waals surface area contributed by atoms with E-state index in [0.29, 0.717) is 17.9 Å². The Bertz CT molecular complexity index is 589. The number of benzene rings is 2. The Kier molecular flexibility index (Phi) is 4.04. The molecular formula is C16H16F2O2. The Hall–Kier alpha value is -1.94. The van der Waals surface area contributed by atoms with Crippen LogP contribution < -0.4 is 4.74 Å². The van der Waals surface area contributed by atoms with Crippen LogP contribution in [0.1, 0.15) is 25.0 Å². The van der Waals surface area contributed by atoms with E-state index in [1.807, 2.05) is 6.92 Å². The molecule has 1 atom stereocenters. The maximum absolute atomic E-state index is 13.3. The summed E-state index contributed by atoms with van der Waals surface area (Å²) in [6, 6.07) is 9.90. The maximum Gasteiger partial charge on any atom is 0.126 e. The Morgan fingerprint density at radius 3 is 2.30 bits per heavy atom. The van der Waals surface area contributed by atoms with E-state index in [2.05, 4.69) is 0 Å². The lowest BCUT2D eigenvalue weighted by molar-refractivity contribution is 0.0973. The molecule has 0 aromatic heterocycles. The van der Waals surface area contributed by atoms with Gasteiger partial charge in [0, 0.05) is 11.6 Å². The molecule has 2 aromatic carbocycles. The zero-order valence-electron chi connectivity index (χ0n) is 11.4. The summed E-state index contributed by atoms with van der Waals surface area (Å²) in [7, 11) is 0. The summed E-state index contributed by atoms with van der Waals surface area (Å²) < 4.78 is 32.1. The van der Waals surface area contributed by atoms with Crippen LogP contribution in [0, 0.1) is 11.6 Å². The van der Waals surface area contributed by atoms with Crippen molar-refractivity contribution < 1.29 is 18.6 Å². The predicted octanol–water partition coefficient (Wildman–Crippen LogP) is 3.62. The number of rotatable bonds is 4. The fraction of sp³-hybridized carbons (Fsp3) is 0.250. The molecule has 2 nitrogen and oxygen atoms in total. The second-order valence-corrected chi connectivity index (χ2v) is 4.66. The van der Waals surface area contributed by atoms with Gasteiger partial charge in [0.05, 0.1) is 6.61 Å². The minimum atomic E-state index is -1.55. The van der Waals surface area contributed by atoms with Crippen LogP contribution in [0.25, 0.3) is 0 Å². The van der Waals surface area contributed by atoms with Crippen LogP contribution >= 0.6 is 0 Å². The van der Waals surface area contributed by atoms with Crippen molar-refractivity contribution in [2.75, 3.05) is 6.61 Å². The molecule has 0 fully saturated rings. The van der Waals surface area contributed by atoms with E-state index < -0.39 is 17.2 Å². The van der Waals surface area contributed by atoms with E-state index in [1.165, 1.54) is 6.92 Å². The van der Waals surface area contributed by atoms with E-state index >= 15 is 0 Å². The molecule has 0 aliphatic carbocycles. The summed E-state index contributed by atoms with van der Waals surface area (Å²) in [5.74, 6) is -0.965. The van der Waals surface area contributed by atoms with Gasteiger partial charge in [0.2, 0.25) is 0 Å². The zero-order valence-corrected chi connectivity index (χ0v) is 11.4. The fourth-order valence-corrected chi connectivity index (χ4v) is 2.14. The smallest absolute Gasteiger partial charge is 0.126 e. The molecule has 0 saturated carbocycles. The van der Waals surface area contributed by atoms with Gasteiger partial charge in [0.25, 0.3) is 0 Å². The van der Waals surface area contributed by atoms with Crippen LogP contribution in [-0.4, -0.2) is 11.7 Å². The average Bonchev–Trinajstić information content (AvgIpc) is 2.38. The van der Waals surface area contributed by atoms with E-state index in [4.69, 9.17) is 4.74 Å². The summed E-state index contributed by atoms with van der Waals surface area (Å²) >= 11 is 0. The molecule has 0 aliphatic rings. The van der Waals surface area contributed by atoms with Crippen molar-refractivity contribution in [3.05, 3.63) is 65.2 Å². The van der Waals surface area contributed by atoms with Gasteiger partial charge in [-0.1, -0.05) is 18.2 Å². The number of para-hydroxylation sites is 1. The highest BCUT2D eigenvalue weighted by Crippen LogP contribution is 2.35. The molecule has 2 rings (SSSR count). The van der Waals surface area contributed by atoms with E-state index in [-0.39, 0.29) is 5.56 Å². The SMILES string of the molecule is CCOc1ccccc1C(C)(O)c1cc(F)cc(F)c1. The highest BCUT2D eigenvalue weighted by molar-refractivity contribution is 5.44. The van der Waals surface area contributed by atoms with Gasteiger partial charge in [0.15, 0.2) is 0 Å². The van der Waals surface area contributed by atoms with Crippen LogP contribution in [0.5, 0.6) is 5.75 Å². The van der Waals surface area contributed by atoms with Crippen molar-refractivity contribution in [1.29, 1.82) is 0 Å². The van der Waals surface area contributed by atoms with Gasteiger partial charge in [-0.05, 0) is 37.6 Å². The van der Waals surface area contributed by atoms with Crippen molar-refractivity contribution in [3.63, 3.8) is 0 Å². The van der Waals surface area contributed by atoms with Crippen LogP contribution in [0.4, 0.5) is 8.78 Å². The molecule has 2 aromatic rings. The van der Waals surface area contributed by atoms with Crippen LogP contribution in [0.15, 0.2) is 42.5 Å². The standard InChI is InChI=1S/C16H16F2O2/c1-3-20-15-7-5-4-6-14(15)16(2,19)11-8-12(17)10-13(18)9-11/h4-10,19H,3H2,1-2H3. The van der Waals surface area contributed by atoms with Gasteiger partial charge in [-0.3, -0.25) is 0 Å². The Morgan fingerprint density at radius 2 is 1.70 bits per heavy atom. The first kappa shape index (κ1) is 14.5. The summed E-state index contributed by atoms with van der Waals surface area (Å²) in [5, 5.41) is 10.7. The molecule has 4 heteroatoms. The van der Waals surface area contributed by atoms with Crippen molar-refractivity contribution in [2.45, 2.75) is 19.4 Å². The van der Waals surface area contributed by atoms with Crippen LogP contribution in [-0.2, 0) is 5.60 Å². The highest BCUT2D eigenvalue weighted by atomic mass is 19.1. The second kappa shape index (κ2) is 5.59. The van der Waals surface area contributed by atoms with Crippen LogP contribution in [0.3, 0.4) is 0 Å². The fourth-order valence-electron chi connectivity index (χ4n) is 2.14. The monoisotopic (exact) mass is 278 g/mol. The third-order valence-electron chi connectivity index (χ3n) is 3.14. The van der Waals surface area contributed by atoms with Gasteiger partial charge in [0.1, 0.15) is 23.0 Å². The summed E-state index contributed by atoms with van der Waals surface area (Å²) in [4.78, 5) is 0. The first-order valence-electron chi connectivity index (χ1n) is 6.36. The van der Waals surface area contributed by atoms with Crippen molar-refractivity contribution in [1.82, 2.24) is 0 Å². The highest BCUT2D eigenvalue weighted by Gasteiger charge is 2.29. The average molecular weight is 278 g/mol. The molecule has 0 spiro atoms. The molecule has 20 heavy (non-hydrogen) atoms. The van der Waals surface area contributed by atoms with E-state index in [1.54, 1.807) is 24.3 Å². The number of hydrogen-bond acceptors (Lipinski definition) is 2. The molecule has 0 bridgehead atoms. The lowest BCUT2D eigenvalue weighted by Gasteiger charge is -2.26. The lowest BCUT2D eigenvalue weighted by atomic mass is 9.87. The molecular weight excluding hydrogens is 262 g/mol. The minimum Gasteiger partial charge on any atom is -0.493 e. The predicted molar refractivity (Wildman–Crippen MR) is 72.6 cm³/mol. The second-order valence-electron chi connectivity index (χ2n) is 4.66. The van der Waals surface area contributed by atoms with Crippen molar-refractivity contribution >= 4 is 0 Å². The normalized spacial score (nSPS) is 13.8. The molecule has 0 heterocycles. The third kappa shape index (κ3) is 2.80. The Labute approximate surface area is 116 Å². The van der Waals surface area contributed by atoms with Gasteiger partial charge in [-0.25, -0.2) is 8.78 Å². The van der Waals surface area contributed by atoms with E-state index in [0.717, 1.165) is 18.2 Å². The number of halogens is 2. The minimum absolute atomic E-state index is 0.141.